The summed E-state index contributed by atoms with van der Waals surface area (Å²) < 4.78 is 4.83. The molecule has 7 heteroatoms. The van der Waals surface area contributed by atoms with Crippen molar-refractivity contribution in [3.8, 4) is 0 Å². The number of amides is 2. The van der Waals surface area contributed by atoms with Crippen molar-refractivity contribution < 1.29 is 14.3 Å². The molecule has 1 aromatic rings. The summed E-state index contributed by atoms with van der Waals surface area (Å²) in [4.78, 5) is 23.4. The monoisotopic (exact) mass is 294 g/mol. The van der Waals surface area contributed by atoms with Gasteiger partial charge < -0.3 is 20.8 Å². The Hall–Kier alpha value is -2.12. The van der Waals surface area contributed by atoms with Crippen LogP contribution >= 0.6 is 0 Å². The molecule has 0 aromatic heterocycles. The van der Waals surface area contributed by atoms with Gasteiger partial charge in [-0.3, -0.25) is 15.4 Å². The predicted molar refractivity (Wildman–Crippen MR) is 80.8 cm³/mol. The predicted octanol–water partition coefficient (Wildman–Crippen LogP) is 0.163. The topological polar surface area (TPSA) is 105 Å². The summed E-state index contributed by atoms with van der Waals surface area (Å²) in [5.74, 6) is 4.98. The quantitative estimate of drug-likeness (QED) is 0.310. The second-order valence-corrected chi connectivity index (χ2v) is 4.52. The number of nitrogens with two attached hydrogens (primary N) is 1. The van der Waals surface area contributed by atoms with Crippen LogP contribution in [0.1, 0.15) is 22.3 Å². The van der Waals surface area contributed by atoms with Gasteiger partial charge in [0, 0.05) is 37.9 Å². The van der Waals surface area contributed by atoms with Gasteiger partial charge in [-0.1, -0.05) is 0 Å². The second-order valence-electron chi connectivity index (χ2n) is 4.52. The molecule has 21 heavy (non-hydrogen) atoms. The van der Waals surface area contributed by atoms with Crippen LogP contribution in [-0.4, -0.2) is 38.6 Å². The van der Waals surface area contributed by atoms with Gasteiger partial charge >= 0.3 is 0 Å². The van der Waals surface area contributed by atoms with Gasteiger partial charge in [0.05, 0.1) is 6.61 Å². The van der Waals surface area contributed by atoms with Gasteiger partial charge in [-0.05, 0) is 30.7 Å². The first kappa shape index (κ1) is 16.9. The highest BCUT2D eigenvalue weighted by Gasteiger charge is 2.09. The zero-order valence-electron chi connectivity index (χ0n) is 12.4. The van der Waals surface area contributed by atoms with Crippen LogP contribution in [0.3, 0.4) is 0 Å². The molecule has 1 rings (SSSR count). The highest BCUT2D eigenvalue weighted by molar-refractivity contribution is 5.96. The number of aryl methyl sites for hydroxylation is 1. The van der Waals surface area contributed by atoms with Crippen molar-refractivity contribution in [3.63, 3.8) is 0 Å². The molecule has 116 valence electrons. The molecule has 0 aliphatic heterocycles. The fraction of sp³-hybridized carbons (Fsp3) is 0.429. The van der Waals surface area contributed by atoms with Gasteiger partial charge in [0.15, 0.2) is 0 Å². The van der Waals surface area contributed by atoms with E-state index in [1.54, 1.807) is 25.3 Å². The molecule has 0 heterocycles. The number of carbonyl (C=O) groups is 2. The van der Waals surface area contributed by atoms with Crippen LogP contribution in [0.2, 0.25) is 0 Å². The first-order chi connectivity index (χ1) is 10.1. The van der Waals surface area contributed by atoms with Crippen LogP contribution in [0.25, 0.3) is 0 Å². The Morgan fingerprint density at radius 2 is 2.00 bits per heavy atom. The zero-order chi connectivity index (χ0) is 15.7. The van der Waals surface area contributed by atoms with Gasteiger partial charge in [0.1, 0.15) is 0 Å². The van der Waals surface area contributed by atoms with Crippen molar-refractivity contribution in [2.24, 2.45) is 5.84 Å². The van der Waals surface area contributed by atoms with E-state index in [-0.39, 0.29) is 24.8 Å². The number of hydrogen-bond donors (Lipinski definition) is 4. The molecular weight excluding hydrogens is 272 g/mol. The maximum Gasteiger partial charge on any atom is 0.251 e. The summed E-state index contributed by atoms with van der Waals surface area (Å²) in [6, 6.07) is 5.20. The van der Waals surface area contributed by atoms with E-state index >= 15 is 0 Å². The fourth-order valence-corrected chi connectivity index (χ4v) is 1.77. The van der Waals surface area contributed by atoms with E-state index in [4.69, 9.17) is 10.6 Å². The first-order valence-electron chi connectivity index (χ1n) is 6.69. The summed E-state index contributed by atoms with van der Waals surface area (Å²) >= 11 is 0. The number of hydrazine groups is 1. The average Bonchev–Trinajstić information content (AvgIpc) is 2.47. The van der Waals surface area contributed by atoms with Crippen molar-refractivity contribution in [1.29, 1.82) is 0 Å². The summed E-state index contributed by atoms with van der Waals surface area (Å²) in [5.41, 5.74) is 4.64. The Morgan fingerprint density at radius 1 is 1.24 bits per heavy atom. The van der Waals surface area contributed by atoms with Crippen LogP contribution in [0.15, 0.2) is 18.2 Å². The molecule has 0 saturated heterocycles. The largest absolute Gasteiger partial charge is 0.383 e. The van der Waals surface area contributed by atoms with E-state index in [2.05, 4.69) is 16.1 Å². The lowest BCUT2D eigenvalue weighted by Gasteiger charge is -2.09. The molecule has 0 aliphatic rings. The standard InChI is InChI=1S/C14H22N4O3/c1-10-9-11(18-15)3-4-12(10)14(20)17-6-5-13(19)16-7-8-21-2/h3-4,9,18H,5-8,15H2,1-2H3,(H,16,19)(H,17,20). The third kappa shape index (κ3) is 5.80. The van der Waals surface area contributed by atoms with Gasteiger partial charge in [-0.15, -0.1) is 0 Å². The number of benzene rings is 1. The Kier molecular flexibility index (Phi) is 7.20. The molecule has 0 aliphatic carbocycles. The minimum atomic E-state index is -0.208. The number of nitrogen functional groups attached to an aromatic ring is 1. The highest BCUT2D eigenvalue weighted by Crippen LogP contribution is 2.14. The van der Waals surface area contributed by atoms with E-state index < -0.39 is 0 Å². The molecule has 0 fully saturated rings. The number of hydrogen-bond acceptors (Lipinski definition) is 5. The third-order valence-corrected chi connectivity index (χ3v) is 2.90. The van der Waals surface area contributed by atoms with Crippen LogP contribution in [0.4, 0.5) is 5.69 Å². The molecule has 0 bridgehead atoms. The van der Waals surface area contributed by atoms with Crippen molar-refractivity contribution in [3.05, 3.63) is 29.3 Å². The van der Waals surface area contributed by atoms with E-state index in [0.29, 0.717) is 18.7 Å². The van der Waals surface area contributed by atoms with Crippen molar-refractivity contribution >= 4 is 17.5 Å². The van der Waals surface area contributed by atoms with Crippen molar-refractivity contribution in [2.75, 3.05) is 32.2 Å². The molecule has 7 nitrogen and oxygen atoms in total. The molecule has 1 aromatic carbocycles. The van der Waals surface area contributed by atoms with Gasteiger partial charge in [-0.2, -0.15) is 0 Å². The molecular formula is C14H22N4O3. The average molecular weight is 294 g/mol. The Balaban J connectivity index is 2.38. The SMILES string of the molecule is COCCNC(=O)CCNC(=O)c1ccc(NN)cc1C. The normalized spacial score (nSPS) is 10.0. The van der Waals surface area contributed by atoms with Gasteiger partial charge in [0.2, 0.25) is 5.91 Å². The number of methoxy groups -OCH3 is 1. The fourth-order valence-electron chi connectivity index (χ4n) is 1.77. The molecule has 5 N–H and O–H groups in total. The lowest BCUT2D eigenvalue weighted by molar-refractivity contribution is -0.121. The molecule has 0 atom stereocenters. The van der Waals surface area contributed by atoms with E-state index in [0.717, 1.165) is 11.3 Å². The number of nitrogens with one attached hydrogen (secondary N) is 3. The summed E-state index contributed by atoms with van der Waals surface area (Å²) in [6.07, 6.45) is 0.233. The van der Waals surface area contributed by atoms with Crippen molar-refractivity contribution in [1.82, 2.24) is 10.6 Å². The van der Waals surface area contributed by atoms with Crippen LogP contribution in [0.5, 0.6) is 0 Å². The summed E-state index contributed by atoms with van der Waals surface area (Å²) in [6.45, 7) is 3.05. The smallest absolute Gasteiger partial charge is 0.251 e. The first-order valence-corrected chi connectivity index (χ1v) is 6.69. The number of anilines is 1. The van der Waals surface area contributed by atoms with Crippen LogP contribution in [-0.2, 0) is 9.53 Å². The number of carbonyl (C=O) groups excluding carboxylic acids is 2. The summed E-state index contributed by atoms with van der Waals surface area (Å²) in [7, 11) is 1.57. The minimum Gasteiger partial charge on any atom is -0.383 e. The molecule has 0 unspecified atom stereocenters. The van der Waals surface area contributed by atoms with Crippen LogP contribution < -0.4 is 21.9 Å². The lowest BCUT2D eigenvalue weighted by atomic mass is 10.1. The maximum atomic E-state index is 12.0. The third-order valence-electron chi connectivity index (χ3n) is 2.90. The Morgan fingerprint density at radius 3 is 2.62 bits per heavy atom. The summed E-state index contributed by atoms with van der Waals surface area (Å²) in [5, 5.41) is 5.40. The van der Waals surface area contributed by atoms with E-state index in [1.165, 1.54) is 0 Å². The highest BCUT2D eigenvalue weighted by atomic mass is 16.5. The minimum absolute atomic E-state index is 0.119. The van der Waals surface area contributed by atoms with Crippen LogP contribution in [0, 0.1) is 6.92 Å². The Bertz CT molecular complexity index is 491. The number of rotatable bonds is 8. The molecule has 0 saturated carbocycles. The number of ether oxygens (including phenoxy) is 1. The zero-order valence-corrected chi connectivity index (χ0v) is 12.4. The molecule has 2 amide bonds. The Labute approximate surface area is 124 Å². The van der Waals surface area contributed by atoms with E-state index in [9.17, 15) is 9.59 Å². The van der Waals surface area contributed by atoms with Crippen molar-refractivity contribution in [2.45, 2.75) is 13.3 Å². The molecule has 0 radical (unpaired) electrons. The van der Waals surface area contributed by atoms with Gasteiger partial charge in [-0.25, -0.2) is 0 Å². The second kappa shape index (κ2) is 8.93. The lowest BCUT2D eigenvalue weighted by Crippen LogP contribution is -2.32. The maximum absolute atomic E-state index is 12.0. The van der Waals surface area contributed by atoms with E-state index in [1.807, 2.05) is 6.92 Å². The molecule has 0 spiro atoms. The van der Waals surface area contributed by atoms with Gasteiger partial charge in [0.25, 0.3) is 5.91 Å².